The quantitative estimate of drug-likeness (QED) is 0.838. The fourth-order valence-electron chi connectivity index (χ4n) is 3.69. The Balaban J connectivity index is 1.28. The van der Waals surface area contributed by atoms with Crippen molar-refractivity contribution in [3.8, 4) is 0 Å². The van der Waals surface area contributed by atoms with Crippen molar-refractivity contribution in [2.24, 2.45) is 5.92 Å². The van der Waals surface area contributed by atoms with Crippen LogP contribution in [0.3, 0.4) is 0 Å². The van der Waals surface area contributed by atoms with Gasteiger partial charge in [-0.2, -0.15) is 11.8 Å². The van der Waals surface area contributed by atoms with Gasteiger partial charge in [-0.15, -0.1) is 0 Å². The normalized spacial score (nSPS) is 22.7. The summed E-state index contributed by atoms with van der Waals surface area (Å²) in [4.78, 5) is 25.7. The molecule has 24 heavy (non-hydrogen) atoms. The summed E-state index contributed by atoms with van der Waals surface area (Å²) >= 11 is 1.95. The molecule has 0 aromatic carbocycles. The first kappa shape index (κ1) is 16.2. The van der Waals surface area contributed by atoms with Gasteiger partial charge < -0.3 is 9.80 Å². The summed E-state index contributed by atoms with van der Waals surface area (Å²) in [6.07, 6.45) is 7.18. The van der Waals surface area contributed by atoms with Crippen molar-refractivity contribution in [3.05, 3.63) is 18.1 Å². The van der Waals surface area contributed by atoms with Crippen LogP contribution in [0.4, 0.5) is 5.82 Å². The van der Waals surface area contributed by atoms with E-state index < -0.39 is 0 Å². The van der Waals surface area contributed by atoms with E-state index >= 15 is 0 Å². The van der Waals surface area contributed by atoms with Crippen molar-refractivity contribution in [3.63, 3.8) is 0 Å². The third-order valence-corrected chi connectivity index (χ3v) is 6.38. The number of nitrogens with zero attached hydrogens (tertiary/aromatic N) is 4. The second-order valence-corrected chi connectivity index (χ2v) is 8.43. The largest absolute Gasteiger partial charge is 0.356 e. The van der Waals surface area contributed by atoms with Crippen LogP contribution in [0.15, 0.2) is 12.4 Å². The van der Waals surface area contributed by atoms with E-state index in [-0.39, 0.29) is 0 Å². The van der Waals surface area contributed by atoms with Gasteiger partial charge in [-0.1, -0.05) is 0 Å². The average Bonchev–Trinajstić information content (AvgIpc) is 3.48. The minimum atomic E-state index is 0.367. The van der Waals surface area contributed by atoms with E-state index in [4.69, 9.17) is 0 Å². The van der Waals surface area contributed by atoms with Crippen LogP contribution in [0, 0.1) is 5.92 Å². The number of rotatable bonds is 4. The molecule has 1 aromatic rings. The van der Waals surface area contributed by atoms with Crippen molar-refractivity contribution in [1.82, 2.24) is 14.9 Å². The van der Waals surface area contributed by atoms with Gasteiger partial charge in [-0.3, -0.25) is 4.79 Å². The van der Waals surface area contributed by atoms with Crippen molar-refractivity contribution in [2.45, 2.75) is 38.0 Å². The van der Waals surface area contributed by atoms with Crippen LogP contribution in [0.2, 0.25) is 0 Å². The highest BCUT2D eigenvalue weighted by Gasteiger charge is 2.28. The monoisotopic (exact) mass is 346 g/mol. The highest BCUT2D eigenvalue weighted by atomic mass is 32.2. The van der Waals surface area contributed by atoms with Gasteiger partial charge in [0.2, 0.25) is 5.91 Å². The Morgan fingerprint density at radius 1 is 1.08 bits per heavy atom. The lowest BCUT2D eigenvalue weighted by Gasteiger charge is -2.34. The molecule has 0 bridgehead atoms. The first-order chi connectivity index (χ1) is 11.8. The molecule has 3 fully saturated rings. The van der Waals surface area contributed by atoms with E-state index in [1.54, 1.807) is 6.33 Å². The average molecular weight is 347 g/mol. The molecule has 2 saturated heterocycles. The van der Waals surface area contributed by atoms with E-state index in [9.17, 15) is 4.79 Å². The van der Waals surface area contributed by atoms with Crippen molar-refractivity contribution < 1.29 is 4.79 Å². The highest BCUT2D eigenvalue weighted by molar-refractivity contribution is 7.99. The summed E-state index contributed by atoms with van der Waals surface area (Å²) in [5.41, 5.74) is 1.21. The van der Waals surface area contributed by atoms with Crippen LogP contribution in [0.1, 0.15) is 43.7 Å². The molecule has 6 heteroatoms. The van der Waals surface area contributed by atoms with E-state index in [2.05, 4.69) is 25.8 Å². The van der Waals surface area contributed by atoms with Crippen molar-refractivity contribution >= 4 is 23.5 Å². The maximum absolute atomic E-state index is 12.4. The Kier molecular flexibility index (Phi) is 4.92. The number of carbonyl (C=O) groups is 1. The molecule has 2 aliphatic heterocycles. The Morgan fingerprint density at radius 3 is 2.54 bits per heavy atom. The molecule has 0 unspecified atom stereocenters. The molecule has 0 radical (unpaired) electrons. The summed E-state index contributed by atoms with van der Waals surface area (Å²) in [6.45, 7) is 3.89. The van der Waals surface area contributed by atoms with E-state index in [1.165, 1.54) is 18.5 Å². The second kappa shape index (κ2) is 7.30. The molecule has 1 aromatic heterocycles. The van der Waals surface area contributed by atoms with Crippen LogP contribution in [-0.4, -0.2) is 58.5 Å². The summed E-state index contributed by atoms with van der Waals surface area (Å²) in [5.74, 6) is 4.84. The zero-order valence-corrected chi connectivity index (χ0v) is 15.0. The third kappa shape index (κ3) is 3.85. The molecule has 0 atom stereocenters. The lowest BCUT2D eigenvalue weighted by atomic mass is 9.93. The summed E-state index contributed by atoms with van der Waals surface area (Å²) in [7, 11) is 0. The smallest absolute Gasteiger partial charge is 0.222 e. The predicted octanol–water partition coefficient (Wildman–Crippen LogP) is 2.54. The Hall–Kier alpha value is -1.30. The SMILES string of the molecule is O=C(CC1CCN(c2cc(C3CC3)ncn2)CC1)N1CCSCC1. The molecule has 0 spiro atoms. The number of anilines is 1. The van der Waals surface area contributed by atoms with Crippen LogP contribution in [-0.2, 0) is 4.79 Å². The molecule has 130 valence electrons. The van der Waals surface area contributed by atoms with Crippen LogP contribution >= 0.6 is 11.8 Å². The number of carbonyl (C=O) groups excluding carboxylic acids is 1. The molecule has 5 nitrogen and oxygen atoms in total. The van der Waals surface area contributed by atoms with Gasteiger partial charge >= 0.3 is 0 Å². The van der Waals surface area contributed by atoms with Gasteiger partial charge in [-0.05, 0) is 31.6 Å². The van der Waals surface area contributed by atoms with E-state index in [1.807, 2.05) is 11.8 Å². The van der Waals surface area contributed by atoms with E-state index in [0.29, 0.717) is 17.7 Å². The molecule has 1 amide bonds. The first-order valence-corrected chi connectivity index (χ1v) is 10.4. The lowest BCUT2D eigenvalue weighted by Crippen LogP contribution is -2.40. The fraction of sp³-hybridized carbons (Fsp3) is 0.722. The minimum Gasteiger partial charge on any atom is -0.356 e. The number of aromatic nitrogens is 2. The fourth-order valence-corrected chi connectivity index (χ4v) is 4.59. The number of hydrogen-bond acceptors (Lipinski definition) is 5. The first-order valence-electron chi connectivity index (χ1n) is 9.22. The van der Waals surface area contributed by atoms with Gasteiger partial charge in [0.25, 0.3) is 0 Å². The molecule has 4 rings (SSSR count). The number of hydrogen-bond donors (Lipinski definition) is 0. The minimum absolute atomic E-state index is 0.367. The van der Waals surface area contributed by atoms with Gasteiger partial charge in [0.05, 0.1) is 0 Å². The summed E-state index contributed by atoms with van der Waals surface area (Å²) in [5, 5.41) is 0. The van der Waals surface area contributed by atoms with Gasteiger partial charge in [0.1, 0.15) is 12.1 Å². The zero-order valence-electron chi connectivity index (χ0n) is 14.2. The van der Waals surface area contributed by atoms with Gasteiger partial charge in [-0.25, -0.2) is 9.97 Å². The highest BCUT2D eigenvalue weighted by Crippen LogP contribution is 2.39. The molecule has 1 aliphatic carbocycles. The van der Waals surface area contributed by atoms with E-state index in [0.717, 1.165) is 62.8 Å². The Morgan fingerprint density at radius 2 is 1.83 bits per heavy atom. The summed E-state index contributed by atoms with van der Waals surface area (Å²) < 4.78 is 0. The molecular weight excluding hydrogens is 320 g/mol. The molecule has 1 saturated carbocycles. The summed E-state index contributed by atoms with van der Waals surface area (Å²) in [6, 6.07) is 2.18. The molecular formula is C18H26N4OS. The number of piperidine rings is 1. The third-order valence-electron chi connectivity index (χ3n) is 5.44. The Bertz CT molecular complexity index is 578. The predicted molar refractivity (Wildman–Crippen MR) is 97.5 cm³/mol. The molecule has 0 N–H and O–H groups in total. The molecule has 3 aliphatic rings. The van der Waals surface area contributed by atoms with Crippen LogP contribution < -0.4 is 4.90 Å². The van der Waals surface area contributed by atoms with Crippen molar-refractivity contribution in [2.75, 3.05) is 42.6 Å². The van der Waals surface area contributed by atoms with Gasteiger partial charge in [0, 0.05) is 61.8 Å². The maximum atomic E-state index is 12.4. The topological polar surface area (TPSA) is 49.3 Å². The maximum Gasteiger partial charge on any atom is 0.222 e. The lowest BCUT2D eigenvalue weighted by molar-refractivity contribution is -0.132. The zero-order chi connectivity index (χ0) is 16.4. The van der Waals surface area contributed by atoms with Crippen molar-refractivity contribution in [1.29, 1.82) is 0 Å². The second-order valence-electron chi connectivity index (χ2n) is 7.20. The van der Waals surface area contributed by atoms with Crippen LogP contribution in [0.5, 0.6) is 0 Å². The van der Waals surface area contributed by atoms with Crippen LogP contribution in [0.25, 0.3) is 0 Å². The standard InChI is InChI=1S/C18H26N4OS/c23-18(22-7-9-24-10-8-22)11-14-3-5-21(6-4-14)17-12-16(15-1-2-15)19-13-20-17/h12-15H,1-11H2. The molecule has 3 heterocycles. The number of amides is 1. The van der Waals surface area contributed by atoms with Gasteiger partial charge in [0.15, 0.2) is 0 Å². The number of thioether (sulfide) groups is 1. The Labute approximate surface area is 148 Å².